The van der Waals surface area contributed by atoms with Gasteiger partial charge in [0.15, 0.2) is 0 Å². The zero-order valence-electron chi connectivity index (χ0n) is 11.0. The number of ether oxygens (including phenoxy) is 1. The smallest absolute Gasteiger partial charge is 0.341 e. The van der Waals surface area contributed by atoms with Gasteiger partial charge in [0.25, 0.3) is 0 Å². The summed E-state index contributed by atoms with van der Waals surface area (Å²) in [5.74, 6) is -0.616. The molecule has 1 heterocycles. The van der Waals surface area contributed by atoms with Crippen molar-refractivity contribution in [3.8, 4) is 0 Å². The first-order valence-electron chi connectivity index (χ1n) is 5.67. The summed E-state index contributed by atoms with van der Waals surface area (Å²) in [6, 6.07) is 1.64. The number of carbonyl (C=O) groups excluding carboxylic acids is 2. The summed E-state index contributed by atoms with van der Waals surface area (Å²) in [4.78, 5) is 23.6. The van der Waals surface area contributed by atoms with Crippen molar-refractivity contribution >= 4 is 28.2 Å². The maximum absolute atomic E-state index is 12.0. The largest absolute Gasteiger partial charge is 0.462 e. The first-order chi connectivity index (χ1) is 8.42. The van der Waals surface area contributed by atoms with Crippen LogP contribution in [0.4, 0.5) is 5.00 Å². The molecule has 0 aliphatic carbocycles. The fourth-order valence-electron chi connectivity index (χ4n) is 1.15. The van der Waals surface area contributed by atoms with Crippen molar-refractivity contribution < 1.29 is 14.3 Å². The van der Waals surface area contributed by atoms with E-state index in [0.29, 0.717) is 17.2 Å². The van der Waals surface area contributed by atoms with E-state index in [1.165, 1.54) is 11.3 Å². The van der Waals surface area contributed by atoms with Crippen molar-refractivity contribution in [2.24, 2.45) is 0 Å². The highest BCUT2D eigenvalue weighted by molar-refractivity contribution is 7.14. The van der Waals surface area contributed by atoms with Gasteiger partial charge in [-0.25, -0.2) is 4.79 Å². The van der Waals surface area contributed by atoms with Crippen LogP contribution < -0.4 is 10.6 Å². The quantitative estimate of drug-likeness (QED) is 0.801. The van der Waals surface area contributed by atoms with Crippen molar-refractivity contribution in [1.82, 2.24) is 5.32 Å². The minimum atomic E-state index is -0.698. The monoisotopic (exact) mass is 270 g/mol. The first kappa shape index (κ1) is 14.7. The molecule has 18 heavy (non-hydrogen) atoms. The molecule has 0 saturated carbocycles. The van der Waals surface area contributed by atoms with Crippen LogP contribution in [0.5, 0.6) is 0 Å². The normalized spacial score (nSPS) is 11.1. The van der Waals surface area contributed by atoms with Crippen LogP contribution in [0.2, 0.25) is 0 Å². The molecule has 0 spiro atoms. The molecule has 1 amide bonds. The topological polar surface area (TPSA) is 67.4 Å². The van der Waals surface area contributed by atoms with Crippen LogP contribution in [0, 0.1) is 0 Å². The van der Waals surface area contributed by atoms with E-state index in [9.17, 15) is 9.59 Å². The second kappa shape index (κ2) is 5.97. The lowest BCUT2D eigenvalue weighted by molar-refractivity contribution is -0.121. The Morgan fingerprint density at radius 1 is 1.44 bits per heavy atom. The SMILES string of the molecule is CCOC(=O)c1ccsc1NC(=O)C(C)(C)NC. The minimum absolute atomic E-state index is 0.196. The maximum atomic E-state index is 12.0. The van der Waals surface area contributed by atoms with Crippen LogP contribution >= 0.6 is 11.3 Å². The number of hydrogen-bond donors (Lipinski definition) is 2. The van der Waals surface area contributed by atoms with Gasteiger partial charge in [0.1, 0.15) is 5.00 Å². The summed E-state index contributed by atoms with van der Waals surface area (Å²) in [6.45, 7) is 5.58. The molecule has 0 aromatic carbocycles. The van der Waals surface area contributed by atoms with Gasteiger partial charge < -0.3 is 15.4 Å². The van der Waals surface area contributed by atoms with Gasteiger partial charge in [-0.1, -0.05) is 0 Å². The Kier molecular flexibility index (Phi) is 4.86. The van der Waals surface area contributed by atoms with Crippen molar-refractivity contribution in [1.29, 1.82) is 0 Å². The van der Waals surface area contributed by atoms with Gasteiger partial charge in [-0.3, -0.25) is 4.79 Å². The lowest BCUT2D eigenvalue weighted by Gasteiger charge is -2.22. The number of esters is 1. The molecule has 0 fully saturated rings. The van der Waals surface area contributed by atoms with Crippen molar-refractivity contribution in [3.05, 3.63) is 17.0 Å². The lowest BCUT2D eigenvalue weighted by atomic mass is 10.1. The third kappa shape index (κ3) is 3.30. The molecular weight excluding hydrogens is 252 g/mol. The summed E-state index contributed by atoms with van der Waals surface area (Å²) in [5.41, 5.74) is -0.308. The fourth-order valence-corrected chi connectivity index (χ4v) is 1.92. The van der Waals surface area contributed by atoms with Crippen LogP contribution in [-0.2, 0) is 9.53 Å². The van der Waals surface area contributed by atoms with E-state index in [1.807, 2.05) is 0 Å². The van der Waals surface area contributed by atoms with E-state index in [-0.39, 0.29) is 5.91 Å². The Bertz CT molecular complexity index is 440. The van der Waals surface area contributed by atoms with Gasteiger partial charge in [-0.2, -0.15) is 0 Å². The van der Waals surface area contributed by atoms with Crippen LogP contribution in [0.25, 0.3) is 0 Å². The van der Waals surface area contributed by atoms with E-state index in [0.717, 1.165) is 0 Å². The molecular formula is C12H18N2O3S. The molecule has 0 aliphatic rings. The highest BCUT2D eigenvalue weighted by Gasteiger charge is 2.27. The van der Waals surface area contributed by atoms with E-state index in [2.05, 4.69) is 10.6 Å². The average Bonchev–Trinajstić information content (AvgIpc) is 2.77. The number of anilines is 1. The number of likely N-dealkylation sites (N-methyl/N-ethyl adjacent to an activating group) is 1. The van der Waals surface area contributed by atoms with E-state index in [4.69, 9.17) is 4.74 Å². The summed E-state index contributed by atoms with van der Waals surface area (Å²) in [5, 5.41) is 7.90. The number of thiophene rings is 1. The molecule has 6 heteroatoms. The van der Waals surface area contributed by atoms with Crippen molar-refractivity contribution in [2.45, 2.75) is 26.3 Å². The second-order valence-corrected chi connectivity index (χ2v) is 5.13. The number of hydrogen-bond acceptors (Lipinski definition) is 5. The lowest BCUT2D eigenvalue weighted by Crippen LogP contribution is -2.47. The zero-order valence-corrected chi connectivity index (χ0v) is 11.8. The molecule has 100 valence electrons. The Hall–Kier alpha value is -1.40. The number of rotatable bonds is 5. The summed E-state index contributed by atoms with van der Waals surface area (Å²) in [6.07, 6.45) is 0. The van der Waals surface area contributed by atoms with Crippen LogP contribution in [0.3, 0.4) is 0 Å². The molecule has 1 aromatic heterocycles. The molecule has 5 nitrogen and oxygen atoms in total. The Morgan fingerprint density at radius 3 is 2.67 bits per heavy atom. The maximum Gasteiger partial charge on any atom is 0.341 e. The summed E-state index contributed by atoms with van der Waals surface area (Å²) >= 11 is 1.30. The third-order valence-corrected chi connectivity index (χ3v) is 3.41. The molecule has 0 bridgehead atoms. The van der Waals surface area contributed by atoms with Gasteiger partial charge in [-0.15, -0.1) is 11.3 Å². The number of nitrogens with one attached hydrogen (secondary N) is 2. The standard InChI is InChI=1S/C12H18N2O3S/c1-5-17-10(15)8-6-7-18-9(8)14-11(16)12(2,3)13-4/h6-7,13H,5H2,1-4H3,(H,14,16). The van der Waals surface area contributed by atoms with Crippen LogP contribution in [-0.4, -0.2) is 31.1 Å². The van der Waals surface area contributed by atoms with E-state index in [1.54, 1.807) is 39.3 Å². The number of carbonyl (C=O) groups is 2. The van der Waals surface area contributed by atoms with E-state index >= 15 is 0 Å². The minimum Gasteiger partial charge on any atom is -0.462 e. The molecule has 1 aromatic rings. The Balaban J connectivity index is 2.83. The number of amides is 1. The van der Waals surface area contributed by atoms with E-state index < -0.39 is 11.5 Å². The fraction of sp³-hybridized carbons (Fsp3) is 0.500. The van der Waals surface area contributed by atoms with Crippen LogP contribution in [0.15, 0.2) is 11.4 Å². The van der Waals surface area contributed by atoms with Gasteiger partial charge in [0.05, 0.1) is 17.7 Å². The van der Waals surface area contributed by atoms with Crippen molar-refractivity contribution in [2.75, 3.05) is 19.0 Å². The predicted octanol–water partition coefficient (Wildman–Crippen LogP) is 1.86. The second-order valence-electron chi connectivity index (χ2n) is 4.21. The molecule has 0 radical (unpaired) electrons. The first-order valence-corrected chi connectivity index (χ1v) is 6.55. The van der Waals surface area contributed by atoms with Crippen molar-refractivity contribution in [3.63, 3.8) is 0 Å². The molecule has 1 rings (SSSR count). The van der Waals surface area contributed by atoms with Gasteiger partial charge in [-0.05, 0) is 39.3 Å². The summed E-state index contributed by atoms with van der Waals surface area (Å²) < 4.78 is 4.92. The Morgan fingerprint density at radius 2 is 2.11 bits per heavy atom. The third-order valence-electron chi connectivity index (χ3n) is 2.58. The molecule has 0 aliphatic heterocycles. The summed E-state index contributed by atoms with van der Waals surface area (Å²) in [7, 11) is 1.71. The highest BCUT2D eigenvalue weighted by atomic mass is 32.1. The van der Waals surface area contributed by atoms with Gasteiger partial charge >= 0.3 is 5.97 Å². The van der Waals surface area contributed by atoms with Crippen LogP contribution in [0.1, 0.15) is 31.1 Å². The molecule has 0 unspecified atom stereocenters. The average molecular weight is 270 g/mol. The highest BCUT2D eigenvalue weighted by Crippen LogP contribution is 2.25. The molecule has 2 N–H and O–H groups in total. The molecule has 0 saturated heterocycles. The van der Waals surface area contributed by atoms with Gasteiger partial charge in [0, 0.05) is 0 Å². The van der Waals surface area contributed by atoms with Gasteiger partial charge in [0.2, 0.25) is 5.91 Å². The Labute approximate surface area is 111 Å². The predicted molar refractivity (Wildman–Crippen MR) is 72.0 cm³/mol. The molecule has 0 atom stereocenters. The zero-order chi connectivity index (χ0) is 13.8.